The number of rotatable bonds is 4. The number of hydrogen-bond acceptors (Lipinski definition) is 4. The van der Waals surface area contributed by atoms with Crippen LogP contribution in [-0.2, 0) is 4.79 Å². The van der Waals surface area contributed by atoms with Crippen LogP contribution in [0.4, 0.5) is 14.5 Å². The number of nitrogens with two attached hydrogens (primary N) is 1. The van der Waals surface area contributed by atoms with E-state index in [1.807, 2.05) is 0 Å². The number of amides is 1. The number of carbonyl (C=O) groups excluding carboxylic acids is 1. The van der Waals surface area contributed by atoms with E-state index in [4.69, 9.17) is 5.73 Å². The number of benzene rings is 1. The molecule has 0 fully saturated rings. The first-order valence-electron chi connectivity index (χ1n) is 5.18. The fraction of sp³-hybridized carbons (Fsp3) is 0.364. The van der Waals surface area contributed by atoms with Crippen LogP contribution in [0.25, 0.3) is 0 Å². The third-order valence-electron chi connectivity index (χ3n) is 2.36. The lowest BCUT2D eigenvalue weighted by Crippen LogP contribution is -2.34. The van der Waals surface area contributed by atoms with Crippen LogP contribution in [0, 0.1) is 11.6 Å². The molecule has 1 rings (SSSR count). The van der Waals surface area contributed by atoms with E-state index in [9.17, 15) is 23.8 Å². The topological polar surface area (TPSA) is 95.6 Å². The van der Waals surface area contributed by atoms with E-state index in [0.717, 1.165) is 6.07 Å². The molecule has 100 valence electrons. The molecule has 1 amide bonds. The molecule has 2 atom stereocenters. The summed E-state index contributed by atoms with van der Waals surface area (Å²) in [5, 5.41) is 21.4. The van der Waals surface area contributed by atoms with Crippen molar-refractivity contribution < 1.29 is 23.8 Å². The Hall–Kier alpha value is -1.73. The van der Waals surface area contributed by atoms with Crippen molar-refractivity contribution in [1.82, 2.24) is 5.32 Å². The summed E-state index contributed by atoms with van der Waals surface area (Å²) in [5.74, 6) is -2.23. The molecule has 0 bridgehead atoms. The molecule has 0 aliphatic carbocycles. The standard InChI is InChI=1S/C11H14F2N2O3/c1-5(16)15-4-10(17)11(18)6-2-8(13)9(14)3-7(6)12/h2-3,10-11,17-18H,4,14H2,1H3,(H,15,16). The Morgan fingerprint density at radius 3 is 2.56 bits per heavy atom. The molecule has 0 radical (unpaired) electrons. The normalized spacial score (nSPS) is 14.1. The van der Waals surface area contributed by atoms with Crippen LogP contribution in [0.5, 0.6) is 0 Å². The summed E-state index contributed by atoms with van der Waals surface area (Å²) in [7, 11) is 0. The summed E-state index contributed by atoms with van der Waals surface area (Å²) in [6, 6.07) is 1.44. The monoisotopic (exact) mass is 260 g/mol. The molecule has 0 aliphatic rings. The van der Waals surface area contributed by atoms with Crippen molar-refractivity contribution in [2.45, 2.75) is 19.1 Å². The highest BCUT2D eigenvalue weighted by Crippen LogP contribution is 2.24. The summed E-state index contributed by atoms with van der Waals surface area (Å²) in [6.45, 7) is 0.949. The Morgan fingerprint density at radius 2 is 2.00 bits per heavy atom. The molecule has 0 saturated heterocycles. The lowest BCUT2D eigenvalue weighted by atomic mass is 10.0. The first kappa shape index (κ1) is 14.3. The van der Waals surface area contributed by atoms with Crippen LogP contribution in [0.1, 0.15) is 18.6 Å². The quantitative estimate of drug-likeness (QED) is 0.576. The maximum Gasteiger partial charge on any atom is 0.216 e. The van der Waals surface area contributed by atoms with E-state index < -0.39 is 35.3 Å². The first-order valence-corrected chi connectivity index (χ1v) is 5.18. The molecule has 1 aromatic rings. The maximum absolute atomic E-state index is 13.4. The Labute approximate surface area is 102 Å². The zero-order chi connectivity index (χ0) is 13.9. The third-order valence-corrected chi connectivity index (χ3v) is 2.36. The smallest absolute Gasteiger partial charge is 0.216 e. The predicted molar refractivity (Wildman–Crippen MR) is 60.4 cm³/mol. The van der Waals surface area contributed by atoms with Crippen LogP contribution >= 0.6 is 0 Å². The first-order chi connectivity index (χ1) is 8.32. The van der Waals surface area contributed by atoms with Gasteiger partial charge in [-0.25, -0.2) is 8.78 Å². The Bertz CT molecular complexity index is 454. The molecule has 0 heterocycles. The van der Waals surface area contributed by atoms with Crippen molar-refractivity contribution in [3.63, 3.8) is 0 Å². The van der Waals surface area contributed by atoms with E-state index in [-0.39, 0.29) is 12.2 Å². The fourth-order valence-electron chi connectivity index (χ4n) is 1.37. The summed E-state index contributed by atoms with van der Waals surface area (Å²) in [5.41, 5.74) is 4.34. The van der Waals surface area contributed by atoms with Crippen molar-refractivity contribution in [1.29, 1.82) is 0 Å². The molecule has 0 saturated carbocycles. The third kappa shape index (κ3) is 3.38. The minimum atomic E-state index is -1.66. The maximum atomic E-state index is 13.4. The molecule has 0 spiro atoms. The van der Waals surface area contributed by atoms with E-state index in [1.165, 1.54) is 6.92 Å². The highest BCUT2D eigenvalue weighted by atomic mass is 19.1. The number of hydrogen-bond donors (Lipinski definition) is 4. The fourth-order valence-corrected chi connectivity index (χ4v) is 1.37. The molecule has 5 nitrogen and oxygen atoms in total. The molecular weight excluding hydrogens is 246 g/mol. The number of anilines is 1. The number of halogens is 2. The number of aliphatic hydroxyl groups is 2. The second-order valence-electron chi connectivity index (χ2n) is 3.84. The average Bonchev–Trinajstić information content (AvgIpc) is 2.29. The summed E-state index contributed by atoms with van der Waals surface area (Å²) >= 11 is 0. The zero-order valence-electron chi connectivity index (χ0n) is 9.65. The van der Waals surface area contributed by atoms with Gasteiger partial charge < -0.3 is 21.3 Å². The molecule has 2 unspecified atom stereocenters. The summed E-state index contributed by atoms with van der Waals surface area (Å²) in [6.07, 6.45) is -3.11. The molecule has 5 N–H and O–H groups in total. The largest absolute Gasteiger partial charge is 0.396 e. The second-order valence-corrected chi connectivity index (χ2v) is 3.84. The van der Waals surface area contributed by atoms with Gasteiger partial charge in [-0.2, -0.15) is 0 Å². The van der Waals surface area contributed by atoms with E-state index in [0.29, 0.717) is 6.07 Å². The number of carbonyl (C=O) groups is 1. The van der Waals surface area contributed by atoms with Crippen molar-refractivity contribution >= 4 is 11.6 Å². The van der Waals surface area contributed by atoms with Crippen molar-refractivity contribution in [2.24, 2.45) is 0 Å². The lowest BCUT2D eigenvalue weighted by Gasteiger charge is -2.19. The van der Waals surface area contributed by atoms with Crippen molar-refractivity contribution in [3.05, 3.63) is 29.3 Å². The van der Waals surface area contributed by atoms with Gasteiger partial charge in [-0.1, -0.05) is 0 Å². The van der Waals surface area contributed by atoms with Gasteiger partial charge in [-0.05, 0) is 6.07 Å². The molecule has 0 aliphatic heterocycles. The molecule has 1 aromatic carbocycles. The minimum Gasteiger partial charge on any atom is -0.396 e. The van der Waals surface area contributed by atoms with E-state index in [2.05, 4.69) is 5.32 Å². The average molecular weight is 260 g/mol. The highest BCUT2D eigenvalue weighted by Gasteiger charge is 2.23. The molecular formula is C11H14F2N2O3. The SMILES string of the molecule is CC(=O)NCC(O)C(O)c1cc(F)c(N)cc1F. The van der Waals surface area contributed by atoms with Crippen LogP contribution in [0.15, 0.2) is 12.1 Å². The number of aliphatic hydroxyl groups excluding tert-OH is 2. The Balaban J connectivity index is 2.86. The summed E-state index contributed by atoms with van der Waals surface area (Å²) < 4.78 is 26.6. The number of nitrogens with one attached hydrogen (secondary N) is 1. The molecule has 18 heavy (non-hydrogen) atoms. The van der Waals surface area contributed by atoms with Crippen LogP contribution in [0.3, 0.4) is 0 Å². The van der Waals surface area contributed by atoms with E-state index in [1.54, 1.807) is 0 Å². The van der Waals surface area contributed by atoms with Gasteiger partial charge in [0.1, 0.15) is 23.8 Å². The summed E-state index contributed by atoms with van der Waals surface area (Å²) in [4.78, 5) is 10.6. The van der Waals surface area contributed by atoms with Crippen LogP contribution < -0.4 is 11.1 Å². The minimum absolute atomic E-state index is 0.276. The van der Waals surface area contributed by atoms with Gasteiger partial charge >= 0.3 is 0 Å². The predicted octanol–water partition coefficient (Wildman–Crippen LogP) is 0.0774. The van der Waals surface area contributed by atoms with E-state index >= 15 is 0 Å². The number of nitrogen functional groups attached to an aromatic ring is 1. The molecule has 7 heteroatoms. The molecule has 0 aromatic heterocycles. The van der Waals surface area contributed by atoms with Crippen LogP contribution in [0.2, 0.25) is 0 Å². The van der Waals surface area contributed by atoms with Gasteiger partial charge in [0.25, 0.3) is 0 Å². The van der Waals surface area contributed by atoms with Gasteiger partial charge in [-0.15, -0.1) is 0 Å². The Kier molecular flexibility index (Phi) is 4.57. The van der Waals surface area contributed by atoms with Gasteiger partial charge in [0.15, 0.2) is 0 Å². The van der Waals surface area contributed by atoms with Crippen LogP contribution in [-0.4, -0.2) is 28.8 Å². The lowest BCUT2D eigenvalue weighted by molar-refractivity contribution is -0.119. The van der Waals surface area contributed by atoms with Gasteiger partial charge in [0.2, 0.25) is 5.91 Å². The van der Waals surface area contributed by atoms with Gasteiger partial charge in [-0.3, -0.25) is 4.79 Å². The van der Waals surface area contributed by atoms with Gasteiger partial charge in [0.05, 0.1) is 5.69 Å². The van der Waals surface area contributed by atoms with Crippen molar-refractivity contribution in [3.8, 4) is 0 Å². The zero-order valence-corrected chi connectivity index (χ0v) is 9.65. The van der Waals surface area contributed by atoms with Gasteiger partial charge in [0, 0.05) is 25.1 Å². The Morgan fingerprint density at radius 1 is 1.39 bits per heavy atom. The highest BCUT2D eigenvalue weighted by molar-refractivity contribution is 5.72. The second kappa shape index (κ2) is 5.74. The van der Waals surface area contributed by atoms with Crippen molar-refractivity contribution in [2.75, 3.05) is 12.3 Å².